The standard InChI is InChI=1S/C17H19N3O3S/c21-14(15-4-2-7-23-15)10-13-3-1-5-19(13)11-12-9-16(22)20-6-8-24-17(20)18-12/h2,4,6-9,13-14,21H,1,3,5,10-11H2. The fourth-order valence-electron chi connectivity index (χ4n) is 3.40. The van der Waals surface area contributed by atoms with Crippen molar-refractivity contribution in [3.05, 3.63) is 57.8 Å². The first-order chi connectivity index (χ1) is 11.7. The highest BCUT2D eigenvalue weighted by molar-refractivity contribution is 7.15. The summed E-state index contributed by atoms with van der Waals surface area (Å²) in [5, 5.41) is 12.2. The van der Waals surface area contributed by atoms with Crippen molar-refractivity contribution in [3.63, 3.8) is 0 Å². The van der Waals surface area contributed by atoms with Crippen molar-refractivity contribution in [1.29, 1.82) is 0 Å². The van der Waals surface area contributed by atoms with Crippen LogP contribution >= 0.6 is 11.3 Å². The molecule has 0 spiro atoms. The van der Waals surface area contributed by atoms with Gasteiger partial charge in [0.05, 0.1) is 12.0 Å². The van der Waals surface area contributed by atoms with Gasteiger partial charge in [-0.3, -0.25) is 14.1 Å². The summed E-state index contributed by atoms with van der Waals surface area (Å²) >= 11 is 1.46. The summed E-state index contributed by atoms with van der Waals surface area (Å²) in [7, 11) is 0. The third kappa shape index (κ3) is 3.02. The van der Waals surface area contributed by atoms with Gasteiger partial charge in [-0.05, 0) is 37.9 Å². The van der Waals surface area contributed by atoms with Crippen LogP contribution in [0.3, 0.4) is 0 Å². The van der Waals surface area contributed by atoms with Crippen LogP contribution in [0, 0.1) is 0 Å². The van der Waals surface area contributed by atoms with E-state index in [2.05, 4.69) is 9.88 Å². The summed E-state index contributed by atoms with van der Waals surface area (Å²) in [5.41, 5.74) is 0.754. The number of fused-ring (bicyclic) bond motifs is 1. The Morgan fingerprint density at radius 3 is 3.25 bits per heavy atom. The maximum atomic E-state index is 12.1. The van der Waals surface area contributed by atoms with Crippen molar-refractivity contribution in [2.45, 2.75) is 38.0 Å². The van der Waals surface area contributed by atoms with Gasteiger partial charge in [0.2, 0.25) is 0 Å². The van der Waals surface area contributed by atoms with Crippen molar-refractivity contribution >= 4 is 16.3 Å². The Balaban J connectivity index is 1.49. The molecule has 3 aromatic heterocycles. The maximum Gasteiger partial charge on any atom is 0.258 e. The van der Waals surface area contributed by atoms with E-state index in [0.29, 0.717) is 18.7 Å². The Morgan fingerprint density at radius 2 is 2.42 bits per heavy atom. The Labute approximate surface area is 143 Å². The van der Waals surface area contributed by atoms with E-state index in [1.165, 1.54) is 11.3 Å². The largest absolute Gasteiger partial charge is 0.467 e. The van der Waals surface area contributed by atoms with Gasteiger partial charge in [-0.2, -0.15) is 0 Å². The molecule has 2 atom stereocenters. The Kier molecular flexibility index (Phi) is 4.22. The van der Waals surface area contributed by atoms with Gasteiger partial charge in [-0.25, -0.2) is 4.98 Å². The van der Waals surface area contributed by atoms with E-state index in [-0.39, 0.29) is 11.6 Å². The fraction of sp³-hybridized carbons (Fsp3) is 0.412. The predicted molar refractivity (Wildman–Crippen MR) is 91.1 cm³/mol. The fourth-order valence-corrected chi connectivity index (χ4v) is 4.14. The monoisotopic (exact) mass is 345 g/mol. The molecule has 0 saturated carbocycles. The molecule has 1 aliphatic heterocycles. The van der Waals surface area contributed by atoms with E-state index < -0.39 is 6.10 Å². The summed E-state index contributed by atoms with van der Waals surface area (Å²) in [6.45, 7) is 1.60. The number of hydrogen-bond donors (Lipinski definition) is 1. The van der Waals surface area contributed by atoms with Gasteiger partial charge in [-0.15, -0.1) is 11.3 Å². The molecular formula is C17H19N3O3S. The van der Waals surface area contributed by atoms with Crippen molar-refractivity contribution in [2.24, 2.45) is 0 Å². The normalized spacial score (nSPS) is 20.0. The molecule has 7 heteroatoms. The van der Waals surface area contributed by atoms with Gasteiger partial charge in [0, 0.05) is 30.2 Å². The van der Waals surface area contributed by atoms with Crippen LogP contribution in [-0.4, -0.2) is 32.0 Å². The highest BCUT2D eigenvalue weighted by atomic mass is 32.1. The molecular weight excluding hydrogens is 326 g/mol. The van der Waals surface area contributed by atoms with Gasteiger partial charge in [0.1, 0.15) is 11.9 Å². The zero-order chi connectivity index (χ0) is 16.5. The van der Waals surface area contributed by atoms with E-state index in [1.807, 2.05) is 5.38 Å². The van der Waals surface area contributed by atoms with E-state index in [4.69, 9.17) is 4.42 Å². The number of aliphatic hydroxyl groups excluding tert-OH is 1. The summed E-state index contributed by atoms with van der Waals surface area (Å²) < 4.78 is 6.86. The summed E-state index contributed by atoms with van der Waals surface area (Å²) in [6.07, 6.45) is 5.50. The van der Waals surface area contributed by atoms with Crippen molar-refractivity contribution < 1.29 is 9.52 Å². The quantitative estimate of drug-likeness (QED) is 0.769. The van der Waals surface area contributed by atoms with Crippen molar-refractivity contribution in [2.75, 3.05) is 6.54 Å². The molecule has 0 aromatic carbocycles. The summed E-state index contributed by atoms with van der Waals surface area (Å²) in [6, 6.07) is 5.47. The minimum absolute atomic E-state index is 0.0392. The van der Waals surface area contributed by atoms with E-state index in [1.54, 1.807) is 35.1 Å². The molecule has 6 nitrogen and oxygen atoms in total. The number of furan rings is 1. The van der Waals surface area contributed by atoms with Crippen LogP contribution in [0.5, 0.6) is 0 Å². The molecule has 1 saturated heterocycles. The first-order valence-corrected chi connectivity index (χ1v) is 9.00. The molecule has 1 N–H and O–H groups in total. The molecule has 4 heterocycles. The Bertz CT molecular complexity index is 871. The van der Waals surface area contributed by atoms with Gasteiger partial charge in [0.25, 0.3) is 5.56 Å². The molecule has 2 unspecified atom stereocenters. The molecule has 4 rings (SSSR count). The molecule has 0 aliphatic carbocycles. The van der Waals surface area contributed by atoms with Crippen LogP contribution in [0.15, 0.2) is 45.3 Å². The van der Waals surface area contributed by atoms with Crippen LogP contribution in [0.25, 0.3) is 4.96 Å². The molecule has 0 bridgehead atoms. The molecule has 0 amide bonds. The lowest BCUT2D eigenvalue weighted by Gasteiger charge is -2.25. The van der Waals surface area contributed by atoms with Gasteiger partial charge in [-0.1, -0.05) is 0 Å². The number of aliphatic hydroxyl groups is 1. The molecule has 1 aliphatic rings. The lowest BCUT2D eigenvalue weighted by molar-refractivity contribution is 0.0991. The summed E-state index contributed by atoms with van der Waals surface area (Å²) in [4.78, 5) is 19.7. The van der Waals surface area contributed by atoms with Crippen LogP contribution < -0.4 is 5.56 Å². The lowest BCUT2D eigenvalue weighted by Crippen LogP contribution is -2.31. The molecule has 126 valence electrons. The van der Waals surface area contributed by atoms with Gasteiger partial charge >= 0.3 is 0 Å². The van der Waals surface area contributed by atoms with Crippen LogP contribution in [-0.2, 0) is 6.54 Å². The van der Waals surface area contributed by atoms with Crippen LogP contribution in [0.1, 0.15) is 36.8 Å². The minimum atomic E-state index is -0.594. The van der Waals surface area contributed by atoms with E-state index in [9.17, 15) is 9.90 Å². The van der Waals surface area contributed by atoms with E-state index >= 15 is 0 Å². The predicted octanol–water partition coefficient (Wildman–Crippen LogP) is 2.44. The maximum absolute atomic E-state index is 12.1. The number of hydrogen-bond acceptors (Lipinski definition) is 6. The van der Waals surface area contributed by atoms with E-state index in [0.717, 1.165) is 30.0 Å². The summed E-state index contributed by atoms with van der Waals surface area (Å²) in [5.74, 6) is 0.609. The lowest BCUT2D eigenvalue weighted by atomic mass is 10.1. The number of nitrogens with zero attached hydrogens (tertiary/aromatic N) is 3. The number of thiazole rings is 1. The average molecular weight is 345 g/mol. The Morgan fingerprint density at radius 1 is 1.50 bits per heavy atom. The van der Waals surface area contributed by atoms with Gasteiger partial charge in [0.15, 0.2) is 4.96 Å². The highest BCUT2D eigenvalue weighted by Crippen LogP contribution is 2.28. The Hall–Kier alpha value is -1.96. The second kappa shape index (κ2) is 6.51. The highest BCUT2D eigenvalue weighted by Gasteiger charge is 2.28. The molecule has 1 fully saturated rings. The number of aromatic nitrogens is 2. The van der Waals surface area contributed by atoms with Crippen LogP contribution in [0.4, 0.5) is 0 Å². The van der Waals surface area contributed by atoms with Crippen LogP contribution in [0.2, 0.25) is 0 Å². The second-order valence-electron chi connectivity index (χ2n) is 6.17. The first kappa shape index (κ1) is 15.6. The number of likely N-dealkylation sites (tertiary alicyclic amines) is 1. The molecule has 24 heavy (non-hydrogen) atoms. The average Bonchev–Trinajstić information content (AvgIpc) is 3.28. The second-order valence-corrected chi connectivity index (χ2v) is 7.05. The molecule has 0 radical (unpaired) electrons. The SMILES string of the molecule is O=c1cc(CN2CCCC2CC(O)c2ccco2)nc2sccn12. The molecule has 3 aromatic rings. The third-order valence-electron chi connectivity index (χ3n) is 4.59. The zero-order valence-electron chi connectivity index (χ0n) is 13.2. The third-order valence-corrected chi connectivity index (χ3v) is 5.34. The zero-order valence-corrected chi connectivity index (χ0v) is 14.0. The van der Waals surface area contributed by atoms with Gasteiger partial charge < -0.3 is 9.52 Å². The smallest absolute Gasteiger partial charge is 0.258 e. The number of rotatable bonds is 5. The van der Waals surface area contributed by atoms with Crippen molar-refractivity contribution in [1.82, 2.24) is 14.3 Å². The van der Waals surface area contributed by atoms with Crippen molar-refractivity contribution in [3.8, 4) is 0 Å². The topological polar surface area (TPSA) is 71.0 Å². The first-order valence-electron chi connectivity index (χ1n) is 8.12. The minimum Gasteiger partial charge on any atom is -0.467 e.